The molecule has 1 saturated heterocycles. The van der Waals surface area contributed by atoms with E-state index in [-0.39, 0.29) is 0 Å². The Hall–Kier alpha value is -0.580. The summed E-state index contributed by atoms with van der Waals surface area (Å²) >= 11 is 11.8. The molecule has 0 amide bonds. The molecule has 1 aromatic heterocycles. The van der Waals surface area contributed by atoms with Crippen LogP contribution in [0.15, 0.2) is 6.07 Å². The number of nitrogens with zero attached hydrogens (tertiary/aromatic N) is 3. The molecule has 2 rings (SSSR count). The van der Waals surface area contributed by atoms with E-state index in [0.29, 0.717) is 10.3 Å². The third kappa shape index (κ3) is 2.71. The minimum atomic E-state index is 0.381. The molecule has 1 aliphatic rings. The Morgan fingerprint density at radius 2 is 2.07 bits per heavy atom. The molecule has 82 valence electrons. The maximum absolute atomic E-state index is 5.99. The maximum Gasteiger partial charge on any atom is 0.175 e. The van der Waals surface area contributed by atoms with Gasteiger partial charge in [0.2, 0.25) is 0 Å². The van der Waals surface area contributed by atoms with Gasteiger partial charge < -0.3 is 10.2 Å². The average Bonchev–Trinajstić information content (AvgIpc) is 2.50. The van der Waals surface area contributed by atoms with E-state index in [1.807, 2.05) is 0 Å². The molecule has 0 spiro atoms. The van der Waals surface area contributed by atoms with Crippen LogP contribution < -0.4 is 10.2 Å². The zero-order chi connectivity index (χ0) is 10.7. The van der Waals surface area contributed by atoms with Crippen molar-refractivity contribution < 1.29 is 0 Å². The van der Waals surface area contributed by atoms with Crippen molar-refractivity contribution in [3.05, 3.63) is 16.4 Å². The maximum atomic E-state index is 5.99. The van der Waals surface area contributed by atoms with E-state index in [4.69, 9.17) is 23.2 Å². The Balaban J connectivity index is 2.22. The fourth-order valence-corrected chi connectivity index (χ4v) is 2.01. The number of halogens is 2. The van der Waals surface area contributed by atoms with Crippen molar-refractivity contribution >= 4 is 28.9 Å². The van der Waals surface area contributed by atoms with E-state index in [2.05, 4.69) is 20.4 Å². The van der Waals surface area contributed by atoms with Gasteiger partial charge in [-0.1, -0.05) is 23.2 Å². The Morgan fingerprint density at radius 1 is 1.20 bits per heavy atom. The van der Waals surface area contributed by atoms with E-state index in [1.165, 1.54) is 0 Å². The lowest BCUT2D eigenvalue weighted by Gasteiger charge is -2.22. The van der Waals surface area contributed by atoms with Crippen molar-refractivity contribution in [2.24, 2.45) is 0 Å². The normalized spacial score (nSPS) is 17.6. The molecule has 1 aromatic rings. The van der Waals surface area contributed by atoms with Gasteiger partial charge in [-0.15, -0.1) is 10.2 Å². The summed E-state index contributed by atoms with van der Waals surface area (Å²) in [5, 5.41) is 11.6. The Labute approximate surface area is 98.6 Å². The smallest absolute Gasteiger partial charge is 0.175 e. The highest BCUT2D eigenvalue weighted by atomic mass is 35.5. The van der Waals surface area contributed by atoms with Crippen molar-refractivity contribution in [2.45, 2.75) is 6.42 Å². The van der Waals surface area contributed by atoms with Gasteiger partial charge in [-0.2, -0.15) is 0 Å². The van der Waals surface area contributed by atoms with Crippen LogP contribution >= 0.6 is 23.2 Å². The van der Waals surface area contributed by atoms with Gasteiger partial charge in [-0.25, -0.2) is 0 Å². The quantitative estimate of drug-likeness (QED) is 0.818. The minimum absolute atomic E-state index is 0.381. The molecule has 0 atom stereocenters. The van der Waals surface area contributed by atoms with Gasteiger partial charge in [0.05, 0.1) is 5.69 Å². The second-order valence-corrected chi connectivity index (χ2v) is 4.18. The highest BCUT2D eigenvalue weighted by molar-refractivity contribution is 6.33. The second-order valence-electron chi connectivity index (χ2n) is 3.43. The molecule has 2 heterocycles. The lowest BCUT2D eigenvalue weighted by Crippen LogP contribution is -2.28. The van der Waals surface area contributed by atoms with Gasteiger partial charge in [0, 0.05) is 25.7 Å². The first kappa shape index (κ1) is 10.9. The number of nitrogens with one attached hydrogen (secondary N) is 1. The summed E-state index contributed by atoms with van der Waals surface area (Å²) in [6, 6.07) is 1.77. The predicted octanol–water partition coefficient (Wildman–Crippen LogP) is 1.58. The number of aromatic nitrogens is 2. The van der Waals surface area contributed by atoms with E-state index in [9.17, 15) is 0 Å². The first-order chi connectivity index (χ1) is 7.27. The number of rotatable bonds is 1. The predicted molar refractivity (Wildman–Crippen MR) is 61.8 cm³/mol. The van der Waals surface area contributed by atoms with E-state index in [1.54, 1.807) is 6.07 Å². The third-order valence-corrected chi connectivity index (χ3v) is 2.84. The van der Waals surface area contributed by atoms with Crippen LogP contribution in [0.25, 0.3) is 0 Å². The molecule has 1 N–H and O–H groups in total. The van der Waals surface area contributed by atoms with Gasteiger partial charge in [0.25, 0.3) is 0 Å². The molecular formula is C9H12Cl2N4. The van der Waals surface area contributed by atoms with Crippen LogP contribution in [0.3, 0.4) is 0 Å². The summed E-state index contributed by atoms with van der Waals surface area (Å²) < 4.78 is 0. The molecule has 0 radical (unpaired) electrons. The lowest BCUT2D eigenvalue weighted by molar-refractivity contribution is 0.724. The van der Waals surface area contributed by atoms with Crippen LogP contribution in [0, 0.1) is 0 Å². The summed E-state index contributed by atoms with van der Waals surface area (Å²) in [7, 11) is 0. The average molecular weight is 247 g/mol. The second kappa shape index (κ2) is 4.96. The Kier molecular flexibility index (Phi) is 3.61. The van der Waals surface area contributed by atoms with Crippen LogP contribution in [-0.4, -0.2) is 36.4 Å². The third-order valence-electron chi connectivity index (χ3n) is 2.38. The van der Waals surface area contributed by atoms with E-state index in [0.717, 1.165) is 38.3 Å². The van der Waals surface area contributed by atoms with E-state index >= 15 is 0 Å². The highest BCUT2D eigenvalue weighted by Gasteiger charge is 2.14. The van der Waals surface area contributed by atoms with Crippen molar-refractivity contribution in [3.63, 3.8) is 0 Å². The highest BCUT2D eigenvalue weighted by Crippen LogP contribution is 2.25. The SMILES string of the molecule is Clc1cc(N2CCCNCC2)c(Cl)nn1. The van der Waals surface area contributed by atoms with Crippen LogP contribution in [0.2, 0.25) is 10.3 Å². The van der Waals surface area contributed by atoms with Gasteiger partial charge >= 0.3 is 0 Å². The summed E-state index contributed by atoms with van der Waals surface area (Å²) in [4.78, 5) is 2.18. The number of hydrogen-bond donors (Lipinski definition) is 1. The molecule has 15 heavy (non-hydrogen) atoms. The van der Waals surface area contributed by atoms with E-state index < -0.39 is 0 Å². The van der Waals surface area contributed by atoms with Gasteiger partial charge in [-0.05, 0) is 13.0 Å². The summed E-state index contributed by atoms with van der Waals surface area (Å²) in [5.74, 6) is 0. The Bertz CT molecular complexity index is 337. The van der Waals surface area contributed by atoms with Crippen molar-refractivity contribution in [3.8, 4) is 0 Å². The summed E-state index contributed by atoms with van der Waals surface area (Å²) in [6.45, 7) is 3.88. The molecule has 0 unspecified atom stereocenters. The summed E-state index contributed by atoms with van der Waals surface area (Å²) in [5.41, 5.74) is 0.875. The topological polar surface area (TPSA) is 41.0 Å². The molecule has 0 aromatic carbocycles. The molecule has 4 nitrogen and oxygen atoms in total. The lowest BCUT2D eigenvalue weighted by atomic mass is 10.3. The first-order valence-corrected chi connectivity index (χ1v) is 5.67. The first-order valence-electron chi connectivity index (χ1n) is 4.92. The summed E-state index contributed by atoms with van der Waals surface area (Å²) in [6.07, 6.45) is 1.09. The van der Waals surface area contributed by atoms with Crippen molar-refractivity contribution in [2.75, 3.05) is 31.1 Å². The molecule has 6 heteroatoms. The molecule has 0 aliphatic carbocycles. The number of anilines is 1. The van der Waals surface area contributed by atoms with Crippen LogP contribution in [0.5, 0.6) is 0 Å². The van der Waals surface area contributed by atoms with Gasteiger partial charge in [0.15, 0.2) is 10.3 Å². The zero-order valence-electron chi connectivity index (χ0n) is 8.21. The fourth-order valence-electron chi connectivity index (χ4n) is 1.65. The van der Waals surface area contributed by atoms with Crippen LogP contribution in [-0.2, 0) is 0 Å². The van der Waals surface area contributed by atoms with Crippen LogP contribution in [0.1, 0.15) is 6.42 Å². The molecule has 0 bridgehead atoms. The molecule has 1 aliphatic heterocycles. The molecular weight excluding hydrogens is 235 g/mol. The Morgan fingerprint density at radius 3 is 2.93 bits per heavy atom. The standard InChI is InChI=1S/C9H12Cl2N4/c10-8-6-7(9(11)14-13-8)15-4-1-2-12-3-5-15/h6,12H,1-5H2. The largest absolute Gasteiger partial charge is 0.368 e. The number of hydrogen-bond acceptors (Lipinski definition) is 4. The van der Waals surface area contributed by atoms with Crippen molar-refractivity contribution in [1.82, 2.24) is 15.5 Å². The van der Waals surface area contributed by atoms with Gasteiger partial charge in [-0.3, -0.25) is 0 Å². The van der Waals surface area contributed by atoms with Crippen LogP contribution in [0.4, 0.5) is 5.69 Å². The van der Waals surface area contributed by atoms with Crippen molar-refractivity contribution in [1.29, 1.82) is 0 Å². The minimum Gasteiger partial charge on any atom is -0.368 e. The van der Waals surface area contributed by atoms with Gasteiger partial charge in [0.1, 0.15) is 0 Å². The fraction of sp³-hybridized carbons (Fsp3) is 0.556. The zero-order valence-corrected chi connectivity index (χ0v) is 9.72. The molecule has 0 saturated carbocycles. The monoisotopic (exact) mass is 246 g/mol. The molecule has 1 fully saturated rings.